The lowest BCUT2D eigenvalue weighted by Crippen LogP contribution is -2.26. The summed E-state index contributed by atoms with van der Waals surface area (Å²) in [4.78, 5) is 24.2. The summed E-state index contributed by atoms with van der Waals surface area (Å²) in [7, 11) is -4.59. The summed E-state index contributed by atoms with van der Waals surface area (Å²) in [6.07, 6.45) is 0. The molecule has 3 aromatic rings. The largest absolute Gasteiger partial charge is 0.461 e. The second-order valence-electron chi connectivity index (χ2n) is 5.80. The lowest BCUT2D eigenvalue weighted by atomic mass is 10.3. The molecule has 156 valence electrons. The highest BCUT2D eigenvalue weighted by molar-refractivity contribution is 7.87. The Morgan fingerprint density at radius 1 is 1.07 bits per heavy atom. The SMILES string of the molecule is CCOC(=O)c1nn(-c2ccc(F)cc2)c(=O)cc1OS(=O)(=O)c1cccc(F)c1. The first-order chi connectivity index (χ1) is 14.2. The minimum absolute atomic E-state index is 0.0632. The molecule has 0 atom stereocenters. The molecule has 0 saturated carbocycles. The molecule has 0 spiro atoms. The third kappa shape index (κ3) is 4.51. The summed E-state index contributed by atoms with van der Waals surface area (Å²) >= 11 is 0. The molecule has 11 heteroatoms. The van der Waals surface area contributed by atoms with Gasteiger partial charge >= 0.3 is 16.1 Å². The Bertz CT molecular complexity index is 1260. The highest BCUT2D eigenvalue weighted by Crippen LogP contribution is 2.22. The molecule has 0 aliphatic carbocycles. The van der Waals surface area contributed by atoms with E-state index in [0.717, 1.165) is 41.1 Å². The van der Waals surface area contributed by atoms with Gasteiger partial charge in [0.05, 0.1) is 18.4 Å². The number of hydrogen-bond donors (Lipinski definition) is 0. The van der Waals surface area contributed by atoms with Crippen molar-refractivity contribution in [1.82, 2.24) is 9.78 Å². The number of aromatic nitrogens is 2. The van der Waals surface area contributed by atoms with E-state index < -0.39 is 49.6 Å². The van der Waals surface area contributed by atoms with Crippen LogP contribution in [0.25, 0.3) is 5.69 Å². The van der Waals surface area contributed by atoms with Crippen molar-refractivity contribution in [1.29, 1.82) is 0 Å². The molecule has 0 saturated heterocycles. The minimum Gasteiger partial charge on any atom is -0.461 e. The van der Waals surface area contributed by atoms with Gasteiger partial charge in [-0.25, -0.2) is 13.6 Å². The fourth-order valence-corrected chi connectivity index (χ4v) is 3.36. The minimum atomic E-state index is -4.59. The van der Waals surface area contributed by atoms with E-state index in [0.29, 0.717) is 6.07 Å². The number of ether oxygens (including phenoxy) is 1. The first kappa shape index (κ1) is 21.1. The van der Waals surface area contributed by atoms with Crippen molar-refractivity contribution in [2.45, 2.75) is 11.8 Å². The lowest BCUT2D eigenvalue weighted by Gasteiger charge is -2.12. The van der Waals surface area contributed by atoms with Crippen LogP contribution in [-0.2, 0) is 14.9 Å². The van der Waals surface area contributed by atoms with Gasteiger partial charge in [0.1, 0.15) is 16.5 Å². The number of hydrogen-bond acceptors (Lipinski definition) is 7. The van der Waals surface area contributed by atoms with E-state index in [4.69, 9.17) is 8.92 Å². The van der Waals surface area contributed by atoms with Crippen LogP contribution >= 0.6 is 0 Å². The van der Waals surface area contributed by atoms with Gasteiger partial charge < -0.3 is 8.92 Å². The van der Waals surface area contributed by atoms with Gasteiger partial charge in [0, 0.05) is 0 Å². The van der Waals surface area contributed by atoms with Gasteiger partial charge in [0.2, 0.25) is 5.69 Å². The number of benzene rings is 2. The van der Waals surface area contributed by atoms with Crippen LogP contribution in [0.2, 0.25) is 0 Å². The van der Waals surface area contributed by atoms with E-state index in [1.54, 1.807) is 0 Å². The van der Waals surface area contributed by atoms with Crippen molar-refractivity contribution in [3.8, 4) is 11.4 Å². The van der Waals surface area contributed by atoms with E-state index in [-0.39, 0.29) is 12.3 Å². The standard InChI is InChI=1S/C19H14F2N2O6S/c1-2-28-19(25)18-16(29-30(26,27)15-5-3-4-13(21)10-15)11-17(24)23(22-18)14-8-6-12(20)7-9-14/h3-11H,2H2,1H3. The topological polar surface area (TPSA) is 105 Å². The molecule has 1 heterocycles. The van der Waals surface area contributed by atoms with E-state index in [1.165, 1.54) is 19.1 Å². The second kappa shape index (κ2) is 8.41. The Morgan fingerprint density at radius 2 is 1.77 bits per heavy atom. The summed E-state index contributed by atoms with van der Waals surface area (Å²) in [5, 5.41) is 3.83. The molecule has 3 rings (SSSR count). The fraction of sp³-hybridized carbons (Fsp3) is 0.105. The van der Waals surface area contributed by atoms with Crippen molar-refractivity contribution in [2.24, 2.45) is 0 Å². The Labute approximate surface area is 169 Å². The zero-order valence-corrected chi connectivity index (χ0v) is 16.2. The molecule has 0 amide bonds. The molecule has 0 radical (unpaired) electrons. The zero-order valence-electron chi connectivity index (χ0n) is 15.4. The fourth-order valence-electron chi connectivity index (χ4n) is 2.40. The van der Waals surface area contributed by atoms with Crippen molar-refractivity contribution >= 4 is 16.1 Å². The van der Waals surface area contributed by atoms with Crippen molar-refractivity contribution in [3.63, 3.8) is 0 Å². The number of rotatable bonds is 6. The van der Waals surface area contributed by atoms with Crippen LogP contribution in [0.3, 0.4) is 0 Å². The van der Waals surface area contributed by atoms with Gasteiger partial charge in [-0.05, 0) is 49.4 Å². The van der Waals surface area contributed by atoms with Crippen molar-refractivity contribution in [2.75, 3.05) is 6.61 Å². The lowest BCUT2D eigenvalue weighted by molar-refractivity contribution is 0.0515. The van der Waals surface area contributed by atoms with Gasteiger partial charge in [-0.3, -0.25) is 4.79 Å². The molecule has 30 heavy (non-hydrogen) atoms. The van der Waals surface area contributed by atoms with E-state index in [9.17, 15) is 26.8 Å². The first-order valence-electron chi connectivity index (χ1n) is 8.49. The maximum Gasteiger partial charge on any atom is 0.362 e. The quantitative estimate of drug-likeness (QED) is 0.432. The smallest absolute Gasteiger partial charge is 0.362 e. The molecule has 8 nitrogen and oxygen atoms in total. The van der Waals surface area contributed by atoms with Crippen LogP contribution in [0.5, 0.6) is 5.75 Å². The maximum atomic E-state index is 13.4. The summed E-state index contributed by atoms with van der Waals surface area (Å²) in [5.41, 5.74) is -1.36. The number of halogens is 2. The molecule has 0 aliphatic rings. The highest BCUT2D eigenvalue weighted by atomic mass is 32.2. The predicted molar refractivity (Wildman–Crippen MR) is 100.0 cm³/mol. The third-order valence-corrected chi connectivity index (χ3v) is 4.95. The number of carbonyl (C=O) groups excluding carboxylic acids is 1. The Morgan fingerprint density at radius 3 is 2.40 bits per heavy atom. The monoisotopic (exact) mass is 436 g/mol. The number of nitrogens with zero attached hydrogens (tertiary/aromatic N) is 2. The van der Waals surface area contributed by atoms with Gasteiger partial charge in [0.25, 0.3) is 5.56 Å². The zero-order chi connectivity index (χ0) is 21.9. The van der Waals surface area contributed by atoms with E-state index in [2.05, 4.69) is 5.10 Å². The van der Waals surface area contributed by atoms with Crippen LogP contribution in [-0.4, -0.2) is 30.8 Å². The van der Waals surface area contributed by atoms with Crippen LogP contribution in [0.15, 0.2) is 64.3 Å². The molecule has 2 aromatic carbocycles. The van der Waals surface area contributed by atoms with Gasteiger partial charge in [-0.1, -0.05) is 6.07 Å². The first-order valence-corrected chi connectivity index (χ1v) is 9.89. The number of esters is 1. The van der Waals surface area contributed by atoms with Crippen molar-refractivity contribution in [3.05, 3.63) is 82.3 Å². The Hall–Kier alpha value is -3.60. The third-order valence-electron chi connectivity index (χ3n) is 3.72. The molecular weight excluding hydrogens is 422 g/mol. The molecule has 0 unspecified atom stereocenters. The molecule has 1 aromatic heterocycles. The maximum absolute atomic E-state index is 13.4. The normalized spacial score (nSPS) is 11.2. The predicted octanol–water partition coefficient (Wildman–Crippen LogP) is 2.46. The Kier molecular flexibility index (Phi) is 5.92. The summed E-state index contributed by atoms with van der Waals surface area (Å²) in [6, 6.07) is 9.34. The summed E-state index contributed by atoms with van der Waals surface area (Å²) < 4.78 is 62.0. The molecular formula is C19H14F2N2O6S. The summed E-state index contributed by atoms with van der Waals surface area (Å²) in [5.74, 6) is -3.13. The highest BCUT2D eigenvalue weighted by Gasteiger charge is 2.25. The number of carbonyl (C=O) groups is 1. The van der Waals surface area contributed by atoms with Gasteiger partial charge in [0.15, 0.2) is 5.75 Å². The molecule has 0 bridgehead atoms. The van der Waals surface area contributed by atoms with E-state index >= 15 is 0 Å². The second-order valence-corrected chi connectivity index (χ2v) is 7.35. The molecule has 0 N–H and O–H groups in total. The van der Waals surface area contributed by atoms with Gasteiger partial charge in [-0.15, -0.1) is 0 Å². The molecule has 0 aliphatic heterocycles. The van der Waals surface area contributed by atoms with Crippen LogP contribution in [0.1, 0.15) is 17.4 Å². The van der Waals surface area contributed by atoms with E-state index in [1.807, 2.05) is 0 Å². The Balaban J connectivity index is 2.11. The van der Waals surface area contributed by atoms with Crippen molar-refractivity contribution < 1.29 is 30.9 Å². The van der Waals surface area contributed by atoms with Gasteiger partial charge in [-0.2, -0.15) is 18.2 Å². The average molecular weight is 436 g/mol. The summed E-state index contributed by atoms with van der Waals surface area (Å²) in [6.45, 7) is 1.45. The molecule has 0 fully saturated rings. The average Bonchev–Trinajstić information content (AvgIpc) is 2.69. The van der Waals surface area contributed by atoms with Crippen LogP contribution in [0.4, 0.5) is 8.78 Å². The van der Waals surface area contributed by atoms with Crippen LogP contribution < -0.4 is 9.74 Å². The van der Waals surface area contributed by atoms with Crippen LogP contribution in [0, 0.1) is 11.6 Å².